The van der Waals surface area contributed by atoms with Crippen LogP contribution in [-0.2, 0) is 0 Å². The van der Waals surface area contributed by atoms with Crippen molar-refractivity contribution in [3.63, 3.8) is 0 Å². The van der Waals surface area contributed by atoms with E-state index < -0.39 is 0 Å². The van der Waals surface area contributed by atoms with Gasteiger partial charge < -0.3 is 4.28 Å². The SMILES string of the molecule is C=C[CH2][Al+2].[H-].[H-].[H-].[K+]. The Kier molecular flexibility index (Phi) is 18.7. The Morgan fingerprint density at radius 2 is 2.20 bits per heavy atom. The van der Waals surface area contributed by atoms with Crippen molar-refractivity contribution >= 4 is 16.3 Å². The molecule has 0 aromatic rings. The predicted octanol–water partition coefficient (Wildman–Crippen LogP) is -1.90. The molecule has 0 aromatic carbocycles. The van der Waals surface area contributed by atoms with E-state index >= 15 is 0 Å². The normalized spacial score (nSPS) is 5.20. The van der Waals surface area contributed by atoms with Gasteiger partial charge in [0.1, 0.15) is 0 Å². The van der Waals surface area contributed by atoms with Crippen LogP contribution < -0.4 is 51.4 Å². The van der Waals surface area contributed by atoms with Gasteiger partial charge in [0.2, 0.25) is 0 Å². The molecule has 5 heavy (non-hydrogen) atoms. The molecule has 0 aliphatic carbocycles. The molecule has 0 aromatic heterocycles. The molecule has 0 nitrogen and oxygen atoms in total. The third-order valence-electron chi connectivity index (χ3n) is 0.167. The van der Waals surface area contributed by atoms with Crippen LogP contribution >= 0.6 is 0 Å². The minimum Gasteiger partial charge on any atom is -1.00 e. The zero-order valence-corrected chi connectivity index (χ0v) is 7.85. The van der Waals surface area contributed by atoms with Gasteiger partial charge in [-0.05, 0) is 0 Å². The molecule has 0 atom stereocenters. The summed E-state index contributed by atoms with van der Waals surface area (Å²) >= 11 is 2.54. The molecule has 0 bridgehead atoms. The Labute approximate surface area is 88.3 Å². The number of rotatable bonds is 1. The maximum atomic E-state index is 3.46. The van der Waals surface area contributed by atoms with Crippen LogP contribution in [0.15, 0.2) is 12.7 Å². The number of hydrogen-bond donors (Lipinski definition) is 0. The van der Waals surface area contributed by atoms with Gasteiger partial charge >= 0.3 is 85.6 Å². The smallest absolute Gasteiger partial charge is 1.00 e. The molecular formula is C3H8AlK. The predicted molar refractivity (Wildman–Crippen MR) is 24.1 cm³/mol. The molecule has 0 amide bonds. The summed E-state index contributed by atoms with van der Waals surface area (Å²) in [6.45, 7) is 3.46. The summed E-state index contributed by atoms with van der Waals surface area (Å²) in [6, 6.07) is 0. The van der Waals surface area contributed by atoms with E-state index in [9.17, 15) is 0 Å². The molecule has 0 N–H and O–H groups in total. The number of allylic oxidation sites excluding steroid dienone is 1. The van der Waals surface area contributed by atoms with E-state index in [-0.39, 0.29) is 55.7 Å². The van der Waals surface area contributed by atoms with E-state index in [1.807, 2.05) is 6.08 Å². The second kappa shape index (κ2) is 9.32. The van der Waals surface area contributed by atoms with E-state index in [4.69, 9.17) is 0 Å². The van der Waals surface area contributed by atoms with Crippen molar-refractivity contribution in [2.24, 2.45) is 0 Å². The van der Waals surface area contributed by atoms with Crippen molar-refractivity contribution < 1.29 is 55.7 Å². The third kappa shape index (κ3) is 10.7. The van der Waals surface area contributed by atoms with Gasteiger partial charge in [-0.25, -0.2) is 0 Å². The Morgan fingerprint density at radius 3 is 2.20 bits per heavy atom. The van der Waals surface area contributed by atoms with Crippen molar-refractivity contribution in [2.75, 3.05) is 0 Å². The van der Waals surface area contributed by atoms with Gasteiger partial charge in [0, 0.05) is 0 Å². The summed E-state index contributed by atoms with van der Waals surface area (Å²) in [5, 5.41) is 1.00. The van der Waals surface area contributed by atoms with Crippen molar-refractivity contribution in [3.05, 3.63) is 12.7 Å². The molecule has 0 saturated heterocycles. The van der Waals surface area contributed by atoms with Gasteiger partial charge in [0.25, 0.3) is 0 Å². The molecular weight excluding hydrogens is 102 g/mol. The van der Waals surface area contributed by atoms with Crippen molar-refractivity contribution in [1.29, 1.82) is 0 Å². The summed E-state index contributed by atoms with van der Waals surface area (Å²) in [4.78, 5) is 0. The number of hydrogen-bond acceptors (Lipinski definition) is 0. The molecule has 0 aliphatic rings. The van der Waals surface area contributed by atoms with Crippen molar-refractivity contribution in [2.45, 2.75) is 5.28 Å². The summed E-state index contributed by atoms with van der Waals surface area (Å²) in [5.41, 5.74) is 0. The summed E-state index contributed by atoms with van der Waals surface area (Å²) in [7, 11) is 0. The first-order chi connectivity index (χ1) is 1.91. The minimum absolute atomic E-state index is 0. The van der Waals surface area contributed by atoms with E-state index in [2.05, 4.69) is 22.9 Å². The Morgan fingerprint density at radius 1 is 2.00 bits per heavy atom. The average molecular weight is 110 g/mol. The van der Waals surface area contributed by atoms with Crippen LogP contribution in [0.2, 0.25) is 5.28 Å². The molecule has 0 heterocycles. The Hall–Kier alpha value is 1.91. The second-order valence-corrected chi connectivity index (χ2v) is 0.996. The molecule has 0 unspecified atom stereocenters. The zero-order chi connectivity index (χ0) is 3.41. The maximum absolute atomic E-state index is 3.46. The van der Waals surface area contributed by atoms with Gasteiger partial charge in [0.15, 0.2) is 0 Å². The molecule has 0 spiro atoms. The summed E-state index contributed by atoms with van der Waals surface area (Å²) in [5.74, 6) is 0. The first kappa shape index (κ1) is 10.0. The summed E-state index contributed by atoms with van der Waals surface area (Å²) < 4.78 is 0. The molecule has 2 heteroatoms. The first-order valence-corrected chi connectivity index (χ1v) is 2.04. The molecule has 0 rings (SSSR count). The van der Waals surface area contributed by atoms with Crippen LogP contribution in [0.5, 0.6) is 0 Å². The van der Waals surface area contributed by atoms with Crippen molar-refractivity contribution in [3.8, 4) is 0 Å². The van der Waals surface area contributed by atoms with Crippen LogP contribution in [0.3, 0.4) is 0 Å². The average Bonchev–Trinajstić information content (AvgIpc) is 1.37. The van der Waals surface area contributed by atoms with Crippen LogP contribution in [-0.4, -0.2) is 16.3 Å². The topological polar surface area (TPSA) is 0 Å². The van der Waals surface area contributed by atoms with E-state index in [1.54, 1.807) is 0 Å². The minimum atomic E-state index is 0. The maximum Gasteiger partial charge on any atom is 1.00 e. The van der Waals surface area contributed by atoms with Gasteiger partial charge in [0.05, 0.1) is 0 Å². The quantitative estimate of drug-likeness (QED) is 0.273. The molecule has 0 radical (unpaired) electrons. The van der Waals surface area contributed by atoms with E-state index in [1.165, 1.54) is 0 Å². The van der Waals surface area contributed by atoms with Gasteiger partial charge in [-0.2, -0.15) is 0 Å². The Bertz CT molecular complexity index is 28.5. The fourth-order valence-electron chi connectivity index (χ4n) is 0. The monoisotopic (exact) mass is 110 g/mol. The standard InChI is InChI=1S/C3H5.Al.K.3H/c1-3-2;;;;;/h3H,1-2H2;;;;;/q;+2;+1;3*-1. The van der Waals surface area contributed by atoms with Gasteiger partial charge in [-0.1, -0.05) is 0 Å². The van der Waals surface area contributed by atoms with E-state index in [0.29, 0.717) is 0 Å². The zero-order valence-electron chi connectivity index (χ0n) is 6.57. The molecule has 0 saturated carbocycles. The van der Waals surface area contributed by atoms with Crippen LogP contribution in [0.1, 0.15) is 4.28 Å². The van der Waals surface area contributed by atoms with E-state index in [0.717, 1.165) is 5.28 Å². The molecule has 0 aliphatic heterocycles. The fraction of sp³-hybridized carbons (Fsp3) is 0.333. The van der Waals surface area contributed by atoms with Crippen LogP contribution in [0.4, 0.5) is 0 Å². The largest absolute Gasteiger partial charge is 1.00 e. The third-order valence-corrected chi connectivity index (χ3v) is 0.500. The van der Waals surface area contributed by atoms with Crippen molar-refractivity contribution in [1.82, 2.24) is 0 Å². The Balaban J connectivity index is -0.00000000750. The van der Waals surface area contributed by atoms with Gasteiger partial charge in [-0.3, -0.25) is 0 Å². The fourth-order valence-corrected chi connectivity index (χ4v) is 0. The van der Waals surface area contributed by atoms with Gasteiger partial charge in [-0.15, -0.1) is 0 Å². The summed E-state index contributed by atoms with van der Waals surface area (Å²) in [6.07, 6.45) is 1.84. The second-order valence-electron chi connectivity index (χ2n) is 0.524. The molecule has 0 fully saturated rings. The first-order valence-electron chi connectivity index (χ1n) is 1.22. The van der Waals surface area contributed by atoms with Crippen LogP contribution in [0, 0.1) is 0 Å². The van der Waals surface area contributed by atoms with Crippen LogP contribution in [0.25, 0.3) is 0 Å². The molecule has 24 valence electrons.